The maximum absolute atomic E-state index is 11.9. The predicted molar refractivity (Wildman–Crippen MR) is 67.8 cm³/mol. The molecule has 0 fully saturated rings. The Balaban J connectivity index is 2.64. The van der Waals surface area contributed by atoms with Crippen molar-refractivity contribution in [3.05, 3.63) is 30.3 Å². The van der Waals surface area contributed by atoms with Gasteiger partial charge in [-0.05, 0) is 12.1 Å². The second kappa shape index (κ2) is 6.16. The number of sulfone groups is 1. The Morgan fingerprint density at radius 2 is 1.94 bits per heavy atom. The first-order chi connectivity index (χ1) is 7.92. The summed E-state index contributed by atoms with van der Waals surface area (Å²) in [4.78, 5) is 10.5. The summed E-state index contributed by atoms with van der Waals surface area (Å²) in [6, 6.07) is 8.18. The van der Waals surface area contributed by atoms with Gasteiger partial charge in [0.25, 0.3) is 0 Å². The number of ether oxygens (including phenoxy) is 1. The van der Waals surface area contributed by atoms with E-state index in [1.54, 1.807) is 30.3 Å². The number of rotatable bonds is 5. The van der Waals surface area contributed by atoms with Crippen molar-refractivity contribution in [1.29, 1.82) is 0 Å². The minimum absolute atomic E-state index is 0.0431. The van der Waals surface area contributed by atoms with E-state index in [1.165, 1.54) is 6.92 Å². The fraction of sp³-hybridized carbons (Fsp3) is 0.364. The van der Waals surface area contributed by atoms with Gasteiger partial charge in [-0.15, -0.1) is 0 Å². The van der Waals surface area contributed by atoms with Crippen molar-refractivity contribution < 1.29 is 17.9 Å². The van der Waals surface area contributed by atoms with Crippen molar-refractivity contribution in [3.8, 4) is 0 Å². The van der Waals surface area contributed by atoms with Crippen molar-refractivity contribution in [2.45, 2.75) is 16.6 Å². The van der Waals surface area contributed by atoms with Crippen LogP contribution in [-0.2, 0) is 19.4 Å². The zero-order valence-electron chi connectivity index (χ0n) is 9.30. The lowest BCUT2D eigenvalue weighted by Crippen LogP contribution is -2.21. The highest BCUT2D eigenvalue weighted by Crippen LogP contribution is 2.14. The third-order valence-electron chi connectivity index (χ3n) is 1.97. The molecule has 0 aliphatic heterocycles. The third-order valence-corrected chi connectivity index (χ3v) is 4.82. The molecule has 0 radical (unpaired) electrons. The van der Waals surface area contributed by atoms with E-state index in [0.29, 0.717) is 0 Å². The van der Waals surface area contributed by atoms with Gasteiger partial charge in [0.05, 0.1) is 15.5 Å². The van der Waals surface area contributed by atoms with Gasteiger partial charge in [-0.1, -0.05) is 34.1 Å². The summed E-state index contributed by atoms with van der Waals surface area (Å²) in [5.74, 6) is -0.531. The number of hydrogen-bond donors (Lipinski definition) is 0. The number of esters is 1. The first kappa shape index (κ1) is 14.2. The molecule has 1 unspecified atom stereocenters. The minimum atomic E-state index is -3.35. The van der Waals surface area contributed by atoms with Crippen LogP contribution < -0.4 is 0 Å². The molecular weight excluding hydrogens is 308 g/mol. The summed E-state index contributed by atoms with van der Waals surface area (Å²) >= 11 is 3.18. The van der Waals surface area contributed by atoms with Gasteiger partial charge in [-0.2, -0.15) is 0 Å². The van der Waals surface area contributed by atoms with Crippen LogP contribution in [0, 0.1) is 0 Å². The van der Waals surface area contributed by atoms with E-state index in [1.807, 2.05) is 0 Å². The normalized spacial score (nSPS) is 13.1. The summed E-state index contributed by atoms with van der Waals surface area (Å²) in [5, 5.41) is 0. The zero-order chi connectivity index (χ0) is 12.9. The van der Waals surface area contributed by atoms with Crippen LogP contribution in [0.5, 0.6) is 0 Å². The first-order valence-corrected chi connectivity index (χ1v) is 7.54. The summed E-state index contributed by atoms with van der Waals surface area (Å²) in [6.45, 7) is 1.33. The molecule has 94 valence electrons. The Bertz CT molecular complexity index is 470. The highest BCUT2D eigenvalue weighted by Gasteiger charge is 2.19. The molecule has 0 N–H and O–H groups in total. The lowest BCUT2D eigenvalue weighted by Gasteiger charge is -2.10. The maximum atomic E-state index is 11.9. The molecule has 4 nitrogen and oxygen atoms in total. The summed E-state index contributed by atoms with van der Waals surface area (Å²) in [7, 11) is -3.35. The number of carbonyl (C=O) groups is 1. The van der Waals surface area contributed by atoms with Gasteiger partial charge in [0.15, 0.2) is 9.84 Å². The predicted octanol–water partition coefficient (Wildman–Crippen LogP) is 1.79. The molecule has 0 bridgehead atoms. The van der Waals surface area contributed by atoms with Crippen molar-refractivity contribution in [2.24, 2.45) is 0 Å². The van der Waals surface area contributed by atoms with Crippen LogP contribution in [0.1, 0.15) is 6.92 Å². The molecule has 0 aliphatic carbocycles. The lowest BCUT2D eigenvalue weighted by atomic mass is 10.4. The summed E-state index contributed by atoms with van der Waals surface area (Å²) in [5.41, 5.74) is 0. The van der Waals surface area contributed by atoms with Gasteiger partial charge < -0.3 is 4.74 Å². The highest BCUT2D eigenvalue weighted by molar-refractivity contribution is 9.09. The number of benzene rings is 1. The Morgan fingerprint density at radius 1 is 1.35 bits per heavy atom. The molecule has 6 heteroatoms. The van der Waals surface area contributed by atoms with Crippen LogP contribution in [0.2, 0.25) is 0 Å². The zero-order valence-corrected chi connectivity index (χ0v) is 11.7. The quantitative estimate of drug-likeness (QED) is 0.613. The van der Waals surface area contributed by atoms with E-state index in [0.717, 1.165) is 0 Å². The fourth-order valence-electron chi connectivity index (χ4n) is 1.22. The van der Waals surface area contributed by atoms with Crippen LogP contribution in [-0.4, -0.2) is 31.6 Å². The van der Waals surface area contributed by atoms with Crippen molar-refractivity contribution in [3.63, 3.8) is 0 Å². The fourth-order valence-corrected chi connectivity index (χ4v) is 3.73. The van der Waals surface area contributed by atoms with E-state index in [2.05, 4.69) is 15.9 Å². The molecule has 0 saturated heterocycles. The van der Waals surface area contributed by atoms with E-state index in [9.17, 15) is 13.2 Å². The molecule has 0 amide bonds. The van der Waals surface area contributed by atoms with Gasteiger partial charge in [-0.25, -0.2) is 8.42 Å². The Kier molecular flexibility index (Phi) is 5.14. The smallest absolute Gasteiger partial charge is 0.302 e. The van der Waals surface area contributed by atoms with Gasteiger partial charge in [0.2, 0.25) is 0 Å². The molecule has 1 aromatic carbocycles. The third kappa shape index (κ3) is 4.87. The molecule has 1 atom stereocenters. The molecule has 0 aliphatic rings. The van der Waals surface area contributed by atoms with Crippen molar-refractivity contribution in [2.75, 3.05) is 12.4 Å². The highest BCUT2D eigenvalue weighted by atomic mass is 79.9. The average molecular weight is 321 g/mol. The van der Waals surface area contributed by atoms with Crippen LogP contribution in [0.4, 0.5) is 0 Å². The monoisotopic (exact) mass is 320 g/mol. The van der Waals surface area contributed by atoms with Crippen LogP contribution in [0.3, 0.4) is 0 Å². The standard InChI is InChI=1S/C11H13BrO4S/c1-9(13)16-7-10(12)8-17(14,15)11-5-3-2-4-6-11/h2-6,10H,7-8H2,1H3. The number of halogens is 1. The number of hydrogen-bond acceptors (Lipinski definition) is 4. The molecular formula is C11H13BrO4S. The molecule has 0 saturated carbocycles. The lowest BCUT2D eigenvalue weighted by molar-refractivity contribution is -0.140. The summed E-state index contributed by atoms with van der Waals surface area (Å²) in [6.07, 6.45) is 0. The van der Waals surface area contributed by atoms with Crippen LogP contribution >= 0.6 is 15.9 Å². The Morgan fingerprint density at radius 3 is 2.47 bits per heavy atom. The van der Waals surface area contributed by atoms with Crippen LogP contribution in [0.25, 0.3) is 0 Å². The van der Waals surface area contributed by atoms with E-state index >= 15 is 0 Å². The first-order valence-electron chi connectivity index (χ1n) is 4.97. The number of carbonyl (C=O) groups excluding carboxylic acids is 1. The van der Waals surface area contributed by atoms with Gasteiger partial charge in [-0.3, -0.25) is 4.79 Å². The van der Waals surface area contributed by atoms with Gasteiger partial charge >= 0.3 is 5.97 Å². The molecule has 1 rings (SSSR count). The summed E-state index contributed by atoms with van der Waals surface area (Å²) < 4.78 is 28.6. The van der Waals surface area contributed by atoms with Crippen LogP contribution in [0.15, 0.2) is 35.2 Å². The molecule has 17 heavy (non-hydrogen) atoms. The average Bonchev–Trinajstić information content (AvgIpc) is 2.27. The Hall–Kier alpha value is -0.880. The second-order valence-electron chi connectivity index (χ2n) is 3.49. The van der Waals surface area contributed by atoms with E-state index in [-0.39, 0.29) is 17.3 Å². The van der Waals surface area contributed by atoms with E-state index in [4.69, 9.17) is 4.74 Å². The maximum Gasteiger partial charge on any atom is 0.302 e. The van der Waals surface area contributed by atoms with Gasteiger partial charge in [0, 0.05) is 6.92 Å². The Labute approximate surface area is 109 Å². The topological polar surface area (TPSA) is 60.4 Å². The van der Waals surface area contributed by atoms with Crippen molar-refractivity contribution in [1.82, 2.24) is 0 Å². The minimum Gasteiger partial charge on any atom is -0.465 e. The second-order valence-corrected chi connectivity index (χ2v) is 6.82. The van der Waals surface area contributed by atoms with Gasteiger partial charge in [0.1, 0.15) is 6.61 Å². The molecule has 1 aromatic rings. The molecule has 0 aromatic heterocycles. The SMILES string of the molecule is CC(=O)OCC(Br)CS(=O)(=O)c1ccccc1. The van der Waals surface area contributed by atoms with E-state index < -0.39 is 20.6 Å². The molecule has 0 heterocycles. The largest absolute Gasteiger partial charge is 0.465 e. The number of alkyl halides is 1. The van der Waals surface area contributed by atoms with Crippen molar-refractivity contribution >= 4 is 31.7 Å². The molecule has 0 spiro atoms.